The van der Waals surface area contributed by atoms with Crippen molar-refractivity contribution in [1.29, 1.82) is 0 Å². The second kappa shape index (κ2) is 16.0. The van der Waals surface area contributed by atoms with Crippen LogP contribution in [0.2, 0.25) is 0 Å². The lowest BCUT2D eigenvalue weighted by molar-refractivity contribution is -0.196. The third-order valence-corrected chi connectivity index (χ3v) is 14.0. The van der Waals surface area contributed by atoms with E-state index >= 15 is 0 Å². The predicted molar refractivity (Wildman–Crippen MR) is 227 cm³/mol. The average Bonchev–Trinajstić information content (AvgIpc) is 3.84. The van der Waals surface area contributed by atoms with Gasteiger partial charge in [-0.1, -0.05) is 101 Å². The summed E-state index contributed by atoms with van der Waals surface area (Å²) in [6.07, 6.45) is 11.8. The molecule has 10 rings (SSSR count). The minimum Gasteiger partial charge on any atom is -0.493 e. The molecule has 4 heterocycles. The molecule has 6 aliphatic rings. The number of benzene rings is 4. The zero-order chi connectivity index (χ0) is 38.9. The van der Waals surface area contributed by atoms with Crippen molar-refractivity contribution in [3.63, 3.8) is 0 Å². The molecule has 0 amide bonds. The molecular weight excluding hydrogens is 778 g/mol. The van der Waals surface area contributed by atoms with Crippen molar-refractivity contribution in [1.82, 2.24) is 0 Å². The summed E-state index contributed by atoms with van der Waals surface area (Å²) < 4.78 is 37.5. The molecule has 4 aliphatic heterocycles. The zero-order valence-corrected chi connectivity index (χ0v) is 34.2. The molecule has 8 heteroatoms. The van der Waals surface area contributed by atoms with Gasteiger partial charge in [0.05, 0.1) is 51.0 Å². The van der Waals surface area contributed by atoms with Crippen LogP contribution < -0.4 is 9.47 Å². The number of allylic oxidation sites excluding steroid dienone is 2. The molecule has 4 atom stereocenters. The first-order chi connectivity index (χ1) is 27.9. The topological polar surface area (TPSA) is 67.7 Å². The first-order valence-corrected chi connectivity index (χ1v) is 21.4. The van der Waals surface area contributed by atoms with Crippen molar-refractivity contribution in [2.75, 3.05) is 39.6 Å². The summed E-state index contributed by atoms with van der Waals surface area (Å²) in [5.74, 6) is 1.92. The van der Waals surface area contributed by atoms with E-state index in [0.717, 1.165) is 96.5 Å². The smallest absolute Gasteiger partial charge is 0.168 e. The van der Waals surface area contributed by atoms with Gasteiger partial charge < -0.3 is 28.4 Å². The molecule has 7 nitrogen and oxygen atoms in total. The Hall–Kier alpha value is -4.05. The van der Waals surface area contributed by atoms with Gasteiger partial charge in [0, 0.05) is 69.3 Å². The Balaban J connectivity index is 0.000000165. The Morgan fingerprint density at radius 3 is 1.54 bits per heavy atom. The van der Waals surface area contributed by atoms with E-state index in [2.05, 4.69) is 126 Å². The summed E-state index contributed by atoms with van der Waals surface area (Å²) in [7, 11) is 0. The van der Waals surface area contributed by atoms with Crippen LogP contribution in [0.25, 0.3) is 0 Å². The van der Waals surface area contributed by atoms with Crippen LogP contribution in [-0.4, -0.2) is 56.9 Å². The van der Waals surface area contributed by atoms with Crippen LogP contribution in [0.3, 0.4) is 0 Å². The monoisotopic (exact) mass is 829 g/mol. The lowest BCUT2D eigenvalue weighted by atomic mass is 9.60. The molecule has 0 bridgehead atoms. The number of halogens is 1. The normalized spacial score (nSPS) is 27.7. The van der Waals surface area contributed by atoms with Gasteiger partial charge in [0.15, 0.2) is 11.6 Å². The van der Waals surface area contributed by atoms with Gasteiger partial charge in [-0.05, 0) is 55.7 Å². The number of hydrogen-bond donors (Lipinski definition) is 0. The third kappa shape index (κ3) is 7.22. The highest BCUT2D eigenvalue weighted by atomic mass is 79.9. The fourth-order valence-corrected chi connectivity index (χ4v) is 10.9. The summed E-state index contributed by atoms with van der Waals surface area (Å²) in [5.41, 5.74) is 6.32. The van der Waals surface area contributed by atoms with Crippen molar-refractivity contribution in [3.8, 4) is 11.5 Å². The molecular formula is C49H52BrNO6. The van der Waals surface area contributed by atoms with Crippen LogP contribution in [0.1, 0.15) is 73.6 Å². The highest BCUT2D eigenvalue weighted by Gasteiger charge is 2.54. The maximum Gasteiger partial charge on any atom is 0.168 e. The van der Waals surface area contributed by atoms with E-state index in [1.807, 2.05) is 12.1 Å². The highest BCUT2D eigenvalue weighted by molar-refractivity contribution is 9.10. The molecule has 0 aromatic heterocycles. The molecule has 57 heavy (non-hydrogen) atoms. The van der Waals surface area contributed by atoms with Gasteiger partial charge in [0.1, 0.15) is 11.5 Å². The van der Waals surface area contributed by atoms with E-state index in [4.69, 9.17) is 33.4 Å². The number of fused-ring (bicyclic) bond motifs is 6. The van der Waals surface area contributed by atoms with Gasteiger partial charge in [-0.25, -0.2) is 4.99 Å². The standard InChI is InChI=1S/C31H31NO3.C18H21BrO3/c1-2-30-16-17-31(34-19-20-35-31)22-25(30)15-18-33-28-21-26(13-14-27(28)30)32-29(23-9-5-3-6-10-23)24-11-7-4-8-12-24;1-2-17-6-7-18(21-9-10-22-18)12-13(17)5-8-20-16-11-14(19)3-4-15(16)17/h2-14,21,25H,1,15-20,22H2;2-4,11,13H,1,5-10,12H2/t25-,30+;13-,17+/m00/s1. The largest absolute Gasteiger partial charge is 0.493 e. The molecule has 2 saturated heterocycles. The number of nitrogens with zero attached hydrogens (tertiary/aromatic N) is 1. The number of aliphatic imine (C=N–C) groups is 1. The minimum atomic E-state index is -0.424. The predicted octanol–water partition coefficient (Wildman–Crippen LogP) is 10.8. The summed E-state index contributed by atoms with van der Waals surface area (Å²) in [4.78, 5) is 5.12. The van der Waals surface area contributed by atoms with Crippen molar-refractivity contribution in [2.24, 2.45) is 16.8 Å². The van der Waals surface area contributed by atoms with E-state index in [-0.39, 0.29) is 16.6 Å². The Morgan fingerprint density at radius 2 is 1.05 bits per heavy atom. The Morgan fingerprint density at radius 1 is 0.579 bits per heavy atom. The first kappa shape index (κ1) is 38.5. The summed E-state index contributed by atoms with van der Waals surface area (Å²) in [6, 6.07) is 33.5. The van der Waals surface area contributed by atoms with E-state index in [1.165, 1.54) is 11.1 Å². The Labute approximate surface area is 345 Å². The highest BCUT2D eigenvalue weighted by Crippen LogP contribution is 2.57. The van der Waals surface area contributed by atoms with E-state index in [1.54, 1.807) is 0 Å². The zero-order valence-electron chi connectivity index (χ0n) is 32.6. The van der Waals surface area contributed by atoms with Crippen molar-refractivity contribution < 1.29 is 28.4 Å². The van der Waals surface area contributed by atoms with Gasteiger partial charge in [-0.15, -0.1) is 13.2 Å². The second-order valence-electron chi connectivity index (χ2n) is 16.3. The maximum atomic E-state index is 6.35. The summed E-state index contributed by atoms with van der Waals surface area (Å²) >= 11 is 3.55. The van der Waals surface area contributed by atoms with Crippen LogP contribution in [0.4, 0.5) is 5.69 Å². The van der Waals surface area contributed by atoms with Crippen molar-refractivity contribution >= 4 is 27.3 Å². The quantitative estimate of drug-likeness (QED) is 0.147. The van der Waals surface area contributed by atoms with Crippen LogP contribution in [0.5, 0.6) is 11.5 Å². The summed E-state index contributed by atoms with van der Waals surface area (Å²) in [6.45, 7) is 12.7. The lowest BCUT2D eigenvalue weighted by Crippen LogP contribution is -2.47. The van der Waals surface area contributed by atoms with E-state index in [0.29, 0.717) is 44.9 Å². The maximum absolute atomic E-state index is 6.35. The lowest BCUT2D eigenvalue weighted by Gasteiger charge is -2.47. The molecule has 2 spiro atoms. The fraction of sp³-hybridized carbons (Fsp3) is 0.408. The van der Waals surface area contributed by atoms with Crippen molar-refractivity contribution in [3.05, 3.63) is 149 Å². The molecule has 4 fully saturated rings. The van der Waals surface area contributed by atoms with Crippen LogP contribution in [0.15, 0.2) is 132 Å². The van der Waals surface area contributed by atoms with E-state index < -0.39 is 5.79 Å². The van der Waals surface area contributed by atoms with Gasteiger partial charge >= 0.3 is 0 Å². The van der Waals surface area contributed by atoms with Gasteiger partial charge in [0.25, 0.3) is 0 Å². The van der Waals surface area contributed by atoms with E-state index in [9.17, 15) is 0 Å². The molecule has 0 unspecified atom stereocenters. The number of hydrogen-bond acceptors (Lipinski definition) is 7. The van der Waals surface area contributed by atoms with Crippen molar-refractivity contribution in [2.45, 2.75) is 73.8 Å². The molecule has 4 aromatic carbocycles. The molecule has 0 N–H and O–H groups in total. The minimum absolute atomic E-state index is 0.0346. The molecule has 2 aliphatic carbocycles. The molecule has 296 valence electrons. The Bertz CT molecular complexity index is 2070. The van der Waals surface area contributed by atoms with Gasteiger partial charge in [0.2, 0.25) is 0 Å². The number of ether oxygens (including phenoxy) is 6. The van der Waals surface area contributed by atoms with Crippen LogP contribution >= 0.6 is 15.9 Å². The Kier molecular flexibility index (Phi) is 10.8. The molecule has 0 radical (unpaired) electrons. The first-order valence-electron chi connectivity index (χ1n) is 20.6. The SMILES string of the molecule is C=C[C@@]12CCC3(C[C@@H]1CCOc1cc(Br)ccc12)OCCO3.C=C[C@@]12CCC3(C[C@@H]1CCOc1cc(N=C(c4ccccc4)c4ccccc4)ccc12)OCCO3. The van der Waals surface area contributed by atoms with Crippen LogP contribution in [0, 0.1) is 11.8 Å². The fourth-order valence-electron chi connectivity index (χ4n) is 10.6. The van der Waals surface area contributed by atoms with Crippen LogP contribution in [-0.2, 0) is 29.8 Å². The van der Waals surface area contributed by atoms with Gasteiger partial charge in [-0.3, -0.25) is 0 Å². The molecule has 4 aromatic rings. The average molecular weight is 831 g/mol. The van der Waals surface area contributed by atoms with Gasteiger partial charge in [-0.2, -0.15) is 0 Å². The second-order valence-corrected chi connectivity index (χ2v) is 17.2. The third-order valence-electron chi connectivity index (χ3n) is 13.5. The molecule has 2 saturated carbocycles. The summed E-state index contributed by atoms with van der Waals surface area (Å²) in [5, 5.41) is 0. The number of rotatable bonds is 5.